The Bertz CT molecular complexity index is 159. The van der Waals surface area contributed by atoms with Crippen LogP contribution < -0.4 is 0 Å². The fraction of sp³-hybridized carbons (Fsp3) is 0.857. The molecule has 0 N–H and O–H groups in total. The molecule has 82 valence electrons. The SMILES string of the molecule is C=CCCC(CC)C1CCCCC1C. The summed E-state index contributed by atoms with van der Waals surface area (Å²) >= 11 is 0. The molecule has 0 amide bonds. The molecule has 0 bridgehead atoms. The van der Waals surface area contributed by atoms with Crippen molar-refractivity contribution in [2.75, 3.05) is 0 Å². The van der Waals surface area contributed by atoms with Gasteiger partial charge in [-0.3, -0.25) is 0 Å². The van der Waals surface area contributed by atoms with E-state index in [0.717, 1.165) is 17.8 Å². The number of hydrogen-bond donors (Lipinski definition) is 0. The van der Waals surface area contributed by atoms with Crippen LogP contribution in [0.15, 0.2) is 12.7 Å². The fourth-order valence-corrected chi connectivity index (χ4v) is 3.10. The molecule has 1 rings (SSSR count). The summed E-state index contributed by atoms with van der Waals surface area (Å²) < 4.78 is 0. The van der Waals surface area contributed by atoms with Gasteiger partial charge < -0.3 is 0 Å². The quantitative estimate of drug-likeness (QED) is 0.551. The summed E-state index contributed by atoms with van der Waals surface area (Å²) in [7, 11) is 0. The zero-order valence-electron chi connectivity index (χ0n) is 9.97. The van der Waals surface area contributed by atoms with E-state index in [9.17, 15) is 0 Å². The van der Waals surface area contributed by atoms with Gasteiger partial charge in [0.25, 0.3) is 0 Å². The van der Waals surface area contributed by atoms with Crippen LogP contribution in [0.2, 0.25) is 0 Å². The van der Waals surface area contributed by atoms with Crippen LogP contribution in [0, 0.1) is 17.8 Å². The molecule has 0 heterocycles. The predicted octanol–water partition coefficient (Wildman–Crippen LogP) is 4.81. The zero-order chi connectivity index (χ0) is 10.4. The van der Waals surface area contributed by atoms with E-state index in [1.54, 1.807) is 0 Å². The van der Waals surface area contributed by atoms with Gasteiger partial charge in [0.1, 0.15) is 0 Å². The molecular weight excluding hydrogens is 168 g/mol. The molecule has 0 aromatic heterocycles. The van der Waals surface area contributed by atoms with E-state index in [0.29, 0.717) is 0 Å². The van der Waals surface area contributed by atoms with Crippen molar-refractivity contribution in [2.24, 2.45) is 17.8 Å². The van der Waals surface area contributed by atoms with Crippen molar-refractivity contribution in [3.8, 4) is 0 Å². The van der Waals surface area contributed by atoms with Crippen LogP contribution in [0.25, 0.3) is 0 Å². The lowest BCUT2D eigenvalue weighted by Crippen LogP contribution is -2.24. The lowest BCUT2D eigenvalue weighted by atomic mass is 9.71. The lowest BCUT2D eigenvalue weighted by molar-refractivity contribution is 0.162. The van der Waals surface area contributed by atoms with Crippen LogP contribution in [0.3, 0.4) is 0 Å². The lowest BCUT2D eigenvalue weighted by Gasteiger charge is -2.35. The molecule has 3 atom stereocenters. The third-order valence-corrected chi connectivity index (χ3v) is 4.05. The Hall–Kier alpha value is -0.260. The van der Waals surface area contributed by atoms with E-state index in [1.165, 1.54) is 44.9 Å². The molecule has 14 heavy (non-hydrogen) atoms. The Morgan fingerprint density at radius 2 is 2.07 bits per heavy atom. The van der Waals surface area contributed by atoms with Gasteiger partial charge in [0, 0.05) is 0 Å². The van der Waals surface area contributed by atoms with Gasteiger partial charge in [-0.05, 0) is 37.0 Å². The standard InChI is InChI=1S/C14H26/c1-4-6-10-13(5-2)14-11-8-7-9-12(14)3/h4,12-14H,1,5-11H2,2-3H3. The molecule has 0 saturated heterocycles. The van der Waals surface area contributed by atoms with Crippen molar-refractivity contribution in [3.63, 3.8) is 0 Å². The van der Waals surface area contributed by atoms with E-state index < -0.39 is 0 Å². The molecule has 1 fully saturated rings. The van der Waals surface area contributed by atoms with E-state index >= 15 is 0 Å². The summed E-state index contributed by atoms with van der Waals surface area (Å²) in [4.78, 5) is 0. The summed E-state index contributed by atoms with van der Waals surface area (Å²) in [5, 5.41) is 0. The predicted molar refractivity (Wildman–Crippen MR) is 64.3 cm³/mol. The molecule has 0 heteroatoms. The molecule has 3 unspecified atom stereocenters. The maximum absolute atomic E-state index is 3.83. The maximum Gasteiger partial charge on any atom is -0.0351 e. The molecule has 1 saturated carbocycles. The highest BCUT2D eigenvalue weighted by atomic mass is 14.3. The first-order chi connectivity index (χ1) is 6.79. The molecule has 0 aromatic rings. The van der Waals surface area contributed by atoms with E-state index in [-0.39, 0.29) is 0 Å². The molecular formula is C14H26. The summed E-state index contributed by atoms with van der Waals surface area (Å²) in [6, 6.07) is 0. The molecule has 1 aliphatic carbocycles. The molecule has 0 aliphatic heterocycles. The highest BCUT2D eigenvalue weighted by Crippen LogP contribution is 2.38. The van der Waals surface area contributed by atoms with Gasteiger partial charge >= 0.3 is 0 Å². The molecule has 0 spiro atoms. The first-order valence-electron chi connectivity index (χ1n) is 6.40. The fourth-order valence-electron chi connectivity index (χ4n) is 3.10. The monoisotopic (exact) mass is 194 g/mol. The summed E-state index contributed by atoms with van der Waals surface area (Å²) in [5.41, 5.74) is 0. The van der Waals surface area contributed by atoms with Crippen molar-refractivity contribution in [3.05, 3.63) is 12.7 Å². The highest BCUT2D eigenvalue weighted by Gasteiger charge is 2.27. The van der Waals surface area contributed by atoms with E-state index in [4.69, 9.17) is 0 Å². The van der Waals surface area contributed by atoms with Gasteiger partial charge in [0.2, 0.25) is 0 Å². The number of allylic oxidation sites excluding steroid dienone is 1. The largest absolute Gasteiger partial charge is 0.103 e. The van der Waals surface area contributed by atoms with Gasteiger partial charge in [-0.2, -0.15) is 0 Å². The highest BCUT2D eigenvalue weighted by molar-refractivity contribution is 4.80. The van der Waals surface area contributed by atoms with Gasteiger partial charge in [-0.15, -0.1) is 6.58 Å². The Labute approximate surface area is 89.8 Å². The minimum Gasteiger partial charge on any atom is -0.103 e. The average molecular weight is 194 g/mol. The van der Waals surface area contributed by atoms with Gasteiger partial charge in [-0.1, -0.05) is 45.6 Å². The molecule has 0 aromatic carbocycles. The summed E-state index contributed by atoms with van der Waals surface area (Å²) in [6.07, 6.45) is 11.9. The second kappa shape index (κ2) is 6.27. The number of hydrogen-bond acceptors (Lipinski definition) is 0. The first-order valence-corrected chi connectivity index (χ1v) is 6.40. The van der Waals surface area contributed by atoms with Gasteiger partial charge in [0.15, 0.2) is 0 Å². The summed E-state index contributed by atoms with van der Waals surface area (Å²) in [5.74, 6) is 2.94. The van der Waals surface area contributed by atoms with Gasteiger partial charge in [0.05, 0.1) is 0 Å². The maximum atomic E-state index is 3.83. The van der Waals surface area contributed by atoms with Crippen LogP contribution in [0.5, 0.6) is 0 Å². The minimum absolute atomic E-state index is 0.961. The second-order valence-corrected chi connectivity index (χ2v) is 4.96. The Morgan fingerprint density at radius 1 is 1.36 bits per heavy atom. The van der Waals surface area contributed by atoms with Crippen LogP contribution in [0.4, 0.5) is 0 Å². The van der Waals surface area contributed by atoms with Crippen molar-refractivity contribution in [1.29, 1.82) is 0 Å². The first kappa shape index (κ1) is 11.8. The van der Waals surface area contributed by atoms with E-state index in [2.05, 4.69) is 26.5 Å². The van der Waals surface area contributed by atoms with Crippen molar-refractivity contribution in [1.82, 2.24) is 0 Å². The van der Waals surface area contributed by atoms with E-state index in [1.807, 2.05) is 0 Å². The molecule has 1 aliphatic rings. The van der Waals surface area contributed by atoms with Crippen LogP contribution in [-0.4, -0.2) is 0 Å². The van der Waals surface area contributed by atoms with Crippen molar-refractivity contribution in [2.45, 2.75) is 58.8 Å². The van der Waals surface area contributed by atoms with Crippen LogP contribution in [0.1, 0.15) is 58.8 Å². The van der Waals surface area contributed by atoms with Crippen molar-refractivity contribution < 1.29 is 0 Å². The minimum atomic E-state index is 0.961. The molecule has 0 radical (unpaired) electrons. The Balaban J connectivity index is 2.43. The average Bonchev–Trinajstić information content (AvgIpc) is 2.21. The molecule has 0 nitrogen and oxygen atoms in total. The third-order valence-electron chi connectivity index (χ3n) is 4.05. The number of rotatable bonds is 5. The summed E-state index contributed by atoms with van der Waals surface area (Å²) in [6.45, 7) is 8.65. The normalized spacial score (nSPS) is 29.9. The van der Waals surface area contributed by atoms with Crippen molar-refractivity contribution >= 4 is 0 Å². The van der Waals surface area contributed by atoms with Gasteiger partial charge in [-0.25, -0.2) is 0 Å². The van der Waals surface area contributed by atoms with Crippen LogP contribution >= 0.6 is 0 Å². The topological polar surface area (TPSA) is 0 Å². The van der Waals surface area contributed by atoms with Crippen LogP contribution in [-0.2, 0) is 0 Å². The Kier molecular flexibility index (Phi) is 5.29. The zero-order valence-corrected chi connectivity index (χ0v) is 9.97. The smallest absolute Gasteiger partial charge is 0.0351 e. The third kappa shape index (κ3) is 3.15. The Morgan fingerprint density at radius 3 is 2.64 bits per heavy atom. The second-order valence-electron chi connectivity index (χ2n) is 4.96.